The molecule has 0 amide bonds. The number of allylic oxidation sites excluding steroid dienone is 4. The van der Waals surface area contributed by atoms with E-state index in [9.17, 15) is 13.7 Å². The maximum atomic E-state index is 13.4. The van der Waals surface area contributed by atoms with E-state index in [2.05, 4.69) is 38.7 Å². The fourth-order valence-corrected chi connectivity index (χ4v) is 6.66. The molecule has 0 saturated heterocycles. The molecule has 0 aromatic heterocycles. The lowest BCUT2D eigenvalue weighted by atomic mass is 9.76. The van der Waals surface area contributed by atoms with E-state index in [1.54, 1.807) is 30.3 Å². The number of sulfone groups is 1. The second-order valence-electron chi connectivity index (χ2n) is 11.5. The lowest BCUT2D eigenvalue weighted by Crippen LogP contribution is -2.31. The minimum absolute atomic E-state index is 0.0944. The molecule has 37 heavy (non-hydrogen) atoms. The second-order valence-corrected chi connectivity index (χ2v) is 13.3. The molecule has 206 valence electrons. The highest BCUT2D eigenvalue weighted by molar-refractivity contribution is 7.95. The molecule has 0 spiro atoms. The molecule has 0 bridgehead atoms. The molecule has 5 heteroatoms. The van der Waals surface area contributed by atoms with Crippen molar-refractivity contribution in [2.24, 2.45) is 5.41 Å². The van der Waals surface area contributed by atoms with Crippen molar-refractivity contribution in [3.63, 3.8) is 0 Å². The summed E-state index contributed by atoms with van der Waals surface area (Å²) in [5.41, 5.74) is 1.76. The number of unbranched alkanes of at least 4 members (excludes halogenated alkanes) is 10. The van der Waals surface area contributed by atoms with Gasteiger partial charge in [-0.25, -0.2) is 8.42 Å². The summed E-state index contributed by atoms with van der Waals surface area (Å²) < 4.78 is 26.8. The van der Waals surface area contributed by atoms with Crippen LogP contribution in [0, 0.1) is 16.7 Å². The van der Waals surface area contributed by atoms with Gasteiger partial charge >= 0.3 is 0 Å². The summed E-state index contributed by atoms with van der Waals surface area (Å²) in [5.74, 6) is 0. The Hall–Kier alpha value is -2.06. The molecule has 1 aliphatic rings. The van der Waals surface area contributed by atoms with Crippen LogP contribution in [0.15, 0.2) is 57.5 Å². The van der Waals surface area contributed by atoms with Crippen molar-refractivity contribution in [3.05, 3.63) is 52.6 Å². The molecular weight excluding hydrogens is 476 g/mol. The van der Waals surface area contributed by atoms with E-state index in [4.69, 9.17) is 0 Å². The smallest absolute Gasteiger partial charge is 0.216 e. The Kier molecular flexibility index (Phi) is 13.5. The summed E-state index contributed by atoms with van der Waals surface area (Å²) >= 11 is 0. The maximum Gasteiger partial charge on any atom is 0.216 e. The molecule has 4 nitrogen and oxygen atoms in total. The number of nitriles is 1. The minimum Gasteiger partial charge on any atom is -0.375 e. The average Bonchev–Trinajstić information content (AvgIpc) is 2.86. The highest BCUT2D eigenvalue weighted by Crippen LogP contribution is 2.41. The zero-order valence-electron chi connectivity index (χ0n) is 23.9. The molecule has 0 heterocycles. The Balaban J connectivity index is 2.30. The van der Waals surface area contributed by atoms with Crippen LogP contribution in [0.4, 0.5) is 0 Å². The van der Waals surface area contributed by atoms with Gasteiger partial charge in [0.1, 0.15) is 6.07 Å². The Morgan fingerprint density at radius 3 is 1.86 bits per heavy atom. The van der Waals surface area contributed by atoms with Crippen molar-refractivity contribution >= 4 is 9.84 Å². The van der Waals surface area contributed by atoms with Gasteiger partial charge in [-0.2, -0.15) is 5.26 Å². The second kappa shape index (κ2) is 16.0. The van der Waals surface area contributed by atoms with Gasteiger partial charge in [0.25, 0.3) is 0 Å². The highest BCUT2D eigenvalue weighted by Gasteiger charge is 2.33. The molecule has 2 rings (SSSR count). The van der Waals surface area contributed by atoms with Gasteiger partial charge < -0.3 is 4.90 Å². The summed E-state index contributed by atoms with van der Waals surface area (Å²) in [6.07, 6.45) is 18.6. The monoisotopic (exact) mass is 526 g/mol. The van der Waals surface area contributed by atoms with Gasteiger partial charge in [0.15, 0.2) is 4.91 Å². The summed E-state index contributed by atoms with van der Waals surface area (Å²) in [6, 6.07) is 10.5. The van der Waals surface area contributed by atoms with Gasteiger partial charge in [-0.1, -0.05) is 110 Å². The molecule has 0 saturated carbocycles. The molecule has 0 radical (unpaired) electrons. The molecule has 0 N–H and O–H groups in total. The van der Waals surface area contributed by atoms with Crippen LogP contribution in [0.2, 0.25) is 0 Å². The topological polar surface area (TPSA) is 61.2 Å². The van der Waals surface area contributed by atoms with Gasteiger partial charge in [-0.3, -0.25) is 0 Å². The zero-order valence-corrected chi connectivity index (χ0v) is 24.7. The first kappa shape index (κ1) is 31.2. The van der Waals surface area contributed by atoms with Crippen LogP contribution in [-0.2, 0) is 9.84 Å². The fourth-order valence-electron chi connectivity index (χ4n) is 5.31. The first-order valence-electron chi connectivity index (χ1n) is 14.6. The van der Waals surface area contributed by atoms with Crippen molar-refractivity contribution < 1.29 is 8.42 Å². The predicted octanol–water partition coefficient (Wildman–Crippen LogP) is 8.96. The van der Waals surface area contributed by atoms with E-state index in [0.29, 0.717) is 12.0 Å². The zero-order chi connectivity index (χ0) is 27.2. The number of hydrogen-bond donors (Lipinski definition) is 0. The number of rotatable bonds is 17. The standard InChI is InChI=1S/C32H50N2O2S/c1-5-7-9-11-13-18-22-34(23-19-14-12-10-8-6-2)29-24-28(25-32(3,4)26-29)31(27-33)37(35,36)30-20-16-15-17-21-30/h15-17,20-21,24H,5-14,18-19,22-23,25-26H2,1-4H3. The lowest BCUT2D eigenvalue weighted by Gasteiger charge is -2.38. The SMILES string of the molecule is CCCCCCCCN(CCCCCCCC)C1=CC(=C(C#N)S(=O)(=O)c2ccccc2)CC(C)(C)C1. The summed E-state index contributed by atoms with van der Waals surface area (Å²) in [4.78, 5) is 2.60. The van der Waals surface area contributed by atoms with Crippen molar-refractivity contribution in [2.75, 3.05) is 13.1 Å². The van der Waals surface area contributed by atoms with Crippen LogP contribution in [-0.4, -0.2) is 26.4 Å². The van der Waals surface area contributed by atoms with Crippen LogP contribution in [0.3, 0.4) is 0 Å². The molecular formula is C32H50N2O2S. The van der Waals surface area contributed by atoms with Crippen LogP contribution >= 0.6 is 0 Å². The lowest BCUT2D eigenvalue weighted by molar-refractivity contribution is 0.255. The van der Waals surface area contributed by atoms with Gasteiger partial charge in [0.05, 0.1) is 4.90 Å². The van der Waals surface area contributed by atoms with E-state index < -0.39 is 9.84 Å². The Labute approximate surface area is 227 Å². The third-order valence-corrected chi connectivity index (χ3v) is 9.14. The first-order chi connectivity index (χ1) is 17.7. The highest BCUT2D eigenvalue weighted by atomic mass is 32.2. The van der Waals surface area contributed by atoms with Crippen LogP contribution in [0.1, 0.15) is 118 Å². The van der Waals surface area contributed by atoms with Crippen molar-refractivity contribution in [1.29, 1.82) is 5.26 Å². The van der Waals surface area contributed by atoms with E-state index in [1.807, 2.05) is 6.08 Å². The van der Waals surface area contributed by atoms with Gasteiger partial charge in [-0.05, 0) is 54.9 Å². The number of hydrogen-bond acceptors (Lipinski definition) is 4. The third-order valence-electron chi connectivity index (χ3n) is 7.35. The quantitative estimate of drug-likeness (QED) is 0.150. The number of benzene rings is 1. The molecule has 1 aromatic rings. The molecule has 0 atom stereocenters. The Bertz CT molecular complexity index is 1000. The van der Waals surface area contributed by atoms with Crippen molar-refractivity contribution in [2.45, 2.75) is 122 Å². The molecule has 1 aromatic carbocycles. The molecule has 0 unspecified atom stereocenters. The fraction of sp³-hybridized carbons (Fsp3) is 0.656. The van der Waals surface area contributed by atoms with Crippen LogP contribution in [0.5, 0.6) is 0 Å². The largest absolute Gasteiger partial charge is 0.375 e. The average molecular weight is 527 g/mol. The van der Waals surface area contributed by atoms with Crippen LogP contribution in [0.25, 0.3) is 0 Å². The molecule has 0 aliphatic heterocycles. The van der Waals surface area contributed by atoms with E-state index in [1.165, 1.54) is 69.9 Å². The first-order valence-corrected chi connectivity index (χ1v) is 16.1. The van der Waals surface area contributed by atoms with E-state index in [0.717, 1.165) is 32.4 Å². The number of nitrogens with zero attached hydrogens (tertiary/aromatic N) is 2. The van der Waals surface area contributed by atoms with E-state index >= 15 is 0 Å². The maximum absolute atomic E-state index is 13.4. The van der Waals surface area contributed by atoms with E-state index in [-0.39, 0.29) is 15.2 Å². The predicted molar refractivity (Wildman–Crippen MR) is 156 cm³/mol. The van der Waals surface area contributed by atoms with Gasteiger partial charge in [-0.15, -0.1) is 0 Å². The summed E-state index contributed by atoms with van der Waals surface area (Å²) in [5, 5.41) is 10.0. The third kappa shape index (κ3) is 10.3. The Morgan fingerprint density at radius 1 is 0.838 bits per heavy atom. The van der Waals surface area contributed by atoms with Crippen molar-refractivity contribution in [3.8, 4) is 6.07 Å². The minimum atomic E-state index is -3.85. The van der Waals surface area contributed by atoms with Crippen molar-refractivity contribution in [1.82, 2.24) is 4.90 Å². The Morgan fingerprint density at radius 2 is 1.35 bits per heavy atom. The summed E-state index contributed by atoms with van der Waals surface area (Å²) in [6.45, 7) is 10.9. The summed E-state index contributed by atoms with van der Waals surface area (Å²) in [7, 11) is -3.85. The molecule has 0 fully saturated rings. The molecule has 1 aliphatic carbocycles. The van der Waals surface area contributed by atoms with Gasteiger partial charge in [0, 0.05) is 18.8 Å². The van der Waals surface area contributed by atoms with Crippen LogP contribution < -0.4 is 0 Å². The van der Waals surface area contributed by atoms with Gasteiger partial charge in [0.2, 0.25) is 9.84 Å². The normalized spacial score (nSPS) is 16.7.